The molecule has 0 spiro atoms. The summed E-state index contributed by atoms with van der Waals surface area (Å²) < 4.78 is 0. The maximum Gasteiger partial charge on any atom is 0.321 e. The number of rotatable bonds is 9. The molecule has 0 saturated carbocycles. The number of carbonyl (C=O) groups is 2. The van der Waals surface area contributed by atoms with Crippen LogP contribution in [0.3, 0.4) is 0 Å². The third kappa shape index (κ3) is 5.77. The predicted molar refractivity (Wildman–Crippen MR) is 88.0 cm³/mol. The Hall–Kier alpha value is -2.80. The fourth-order valence-corrected chi connectivity index (χ4v) is 2.19. The predicted octanol–water partition coefficient (Wildman–Crippen LogP) is 0.680. The van der Waals surface area contributed by atoms with Crippen LogP contribution in [0.15, 0.2) is 42.7 Å². The van der Waals surface area contributed by atoms with Crippen molar-refractivity contribution in [3.8, 4) is 0 Å². The van der Waals surface area contributed by atoms with Crippen LogP contribution in [-0.4, -0.2) is 33.0 Å². The van der Waals surface area contributed by atoms with Crippen molar-refractivity contribution in [3.05, 3.63) is 59.7 Å². The summed E-state index contributed by atoms with van der Waals surface area (Å²) in [5.74, 6) is -1.05. The number of hydrogen-bond acceptors (Lipinski definition) is 5. The van der Waals surface area contributed by atoms with Crippen LogP contribution in [0.4, 0.5) is 0 Å². The lowest BCUT2D eigenvalue weighted by Gasteiger charge is -2.12. The Bertz CT molecular complexity index is 674. The highest BCUT2D eigenvalue weighted by molar-refractivity contribution is 5.83. The lowest BCUT2D eigenvalue weighted by atomic mass is 10.1. The van der Waals surface area contributed by atoms with Crippen molar-refractivity contribution in [2.75, 3.05) is 0 Å². The second-order valence-corrected chi connectivity index (χ2v) is 5.44. The number of benzene rings is 1. The zero-order chi connectivity index (χ0) is 17.4. The zero-order valence-corrected chi connectivity index (χ0v) is 13.2. The molecule has 0 aliphatic carbocycles. The van der Waals surface area contributed by atoms with Gasteiger partial charge >= 0.3 is 5.97 Å². The monoisotopic (exact) mass is 328 g/mol. The Labute approximate surface area is 139 Å². The molecule has 1 aromatic carbocycles. The number of nitrogens with one attached hydrogen (secondary N) is 1. The highest BCUT2D eigenvalue weighted by Crippen LogP contribution is 2.04. The molecule has 0 bridgehead atoms. The van der Waals surface area contributed by atoms with Crippen LogP contribution in [0.2, 0.25) is 0 Å². The molecule has 24 heavy (non-hydrogen) atoms. The van der Waals surface area contributed by atoms with Crippen molar-refractivity contribution in [2.45, 2.75) is 31.8 Å². The van der Waals surface area contributed by atoms with Gasteiger partial charge in [-0.25, -0.2) is 9.97 Å². The van der Waals surface area contributed by atoms with Crippen molar-refractivity contribution in [3.63, 3.8) is 0 Å². The molecule has 1 aromatic heterocycles. The summed E-state index contributed by atoms with van der Waals surface area (Å²) in [5, 5.41) is 11.8. The number of aliphatic carboxylic acids is 1. The number of primary amides is 1. The summed E-state index contributed by atoms with van der Waals surface area (Å²) in [6.45, 7) is 0.253. The summed E-state index contributed by atoms with van der Waals surface area (Å²) in [5.41, 5.74) is 7.00. The highest BCUT2D eigenvalue weighted by atomic mass is 16.4. The first-order valence-corrected chi connectivity index (χ1v) is 7.63. The maximum atomic E-state index is 11.0. The molecular formula is C17H20N4O3. The Morgan fingerprint density at radius 3 is 2.33 bits per heavy atom. The third-order valence-electron chi connectivity index (χ3n) is 3.49. The normalized spacial score (nSPS) is 11.8. The molecule has 1 amide bonds. The van der Waals surface area contributed by atoms with Gasteiger partial charge in [-0.2, -0.15) is 0 Å². The molecule has 1 heterocycles. The van der Waals surface area contributed by atoms with E-state index in [0.717, 1.165) is 24.2 Å². The van der Waals surface area contributed by atoms with E-state index in [-0.39, 0.29) is 13.0 Å². The number of aryl methyl sites for hydroxylation is 2. The average molecular weight is 328 g/mol. The molecule has 1 atom stereocenters. The molecule has 0 aliphatic rings. The minimum Gasteiger partial charge on any atom is -0.480 e. The number of nitrogens with two attached hydrogens (primary N) is 1. The van der Waals surface area contributed by atoms with Gasteiger partial charge in [-0.1, -0.05) is 30.3 Å². The van der Waals surface area contributed by atoms with Gasteiger partial charge in [0, 0.05) is 30.9 Å². The first-order valence-electron chi connectivity index (χ1n) is 7.63. The topological polar surface area (TPSA) is 118 Å². The molecule has 0 radical (unpaired) electrons. The third-order valence-corrected chi connectivity index (χ3v) is 3.49. The van der Waals surface area contributed by atoms with Gasteiger partial charge in [0.25, 0.3) is 0 Å². The van der Waals surface area contributed by atoms with Gasteiger partial charge in [0.15, 0.2) is 0 Å². The Balaban J connectivity index is 1.85. The minimum absolute atomic E-state index is 0.253. The molecular weight excluding hydrogens is 308 g/mol. The van der Waals surface area contributed by atoms with Crippen LogP contribution in [0.1, 0.15) is 23.4 Å². The van der Waals surface area contributed by atoms with E-state index in [9.17, 15) is 9.59 Å². The van der Waals surface area contributed by atoms with Crippen molar-refractivity contribution in [1.29, 1.82) is 0 Å². The fraction of sp³-hybridized carbons (Fsp3) is 0.294. The van der Waals surface area contributed by atoms with E-state index >= 15 is 0 Å². The Morgan fingerprint density at radius 2 is 1.75 bits per heavy atom. The smallest absolute Gasteiger partial charge is 0.321 e. The average Bonchev–Trinajstić information content (AvgIpc) is 2.58. The number of carboxylic acids is 1. The molecule has 0 saturated heterocycles. The summed E-state index contributed by atoms with van der Waals surface area (Å²) in [7, 11) is 0. The fourth-order valence-electron chi connectivity index (χ4n) is 2.19. The van der Waals surface area contributed by atoms with E-state index < -0.39 is 17.9 Å². The summed E-state index contributed by atoms with van der Waals surface area (Å²) in [4.78, 5) is 30.5. The molecule has 4 N–H and O–H groups in total. The molecule has 126 valence electrons. The van der Waals surface area contributed by atoms with E-state index in [1.807, 2.05) is 18.2 Å². The lowest BCUT2D eigenvalue weighted by molar-refractivity contribution is -0.141. The first kappa shape index (κ1) is 17.6. The molecule has 0 fully saturated rings. The van der Waals surface area contributed by atoms with Crippen LogP contribution < -0.4 is 11.1 Å². The molecule has 2 aromatic rings. The van der Waals surface area contributed by atoms with Gasteiger partial charge in [-0.15, -0.1) is 0 Å². The second kappa shape index (κ2) is 8.73. The molecule has 0 aliphatic heterocycles. The first-order chi connectivity index (χ1) is 11.5. The lowest BCUT2D eigenvalue weighted by Crippen LogP contribution is -2.39. The maximum absolute atomic E-state index is 11.0. The highest BCUT2D eigenvalue weighted by Gasteiger charge is 2.19. The number of amides is 1. The van der Waals surface area contributed by atoms with E-state index in [1.165, 1.54) is 5.56 Å². The van der Waals surface area contributed by atoms with Crippen molar-refractivity contribution < 1.29 is 14.7 Å². The standard InChI is InChI=1S/C17H20N4O3/c18-15(22)8-14(17(23)24)19-9-13-10-20-16(21-11-13)7-6-12-4-2-1-3-5-12/h1-5,10-11,14,19H,6-9H2,(H2,18,22)(H,23,24)/t14-/m1/s1. The van der Waals surface area contributed by atoms with Crippen LogP contribution in [0.25, 0.3) is 0 Å². The summed E-state index contributed by atoms with van der Waals surface area (Å²) in [6, 6.07) is 9.07. The van der Waals surface area contributed by atoms with Crippen molar-refractivity contribution in [2.24, 2.45) is 5.73 Å². The van der Waals surface area contributed by atoms with E-state index in [4.69, 9.17) is 10.8 Å². The Kier molecular flexibility index (Phi) is 6.39. The second-order valence-electron chi connectivity index (χ2n) is 5.44. The van der Waals surface area contributed by atoms with Crippen molar-refractivity contribution in [1.82, 2.24) is 15.3 Å². The quantitative estimate of drug-likeness (QED) is 0.623. The number of carbonyl (C=O) groups excluding carboxylic acids is 1. The molecule has 7 nitrogen and oxygen atoms in total. The van der Waals surface area contributed by atoms with Crippen LogP contribution >= 0.6 is 0 Å². The van der Waals surface area contributed by atoms with Gasteiger partial charge in [0.05, 0.1) is 6.42 Å². The van der Waals surface area contributed by atoms with Gasteiger partial charge in [0.2, 0.25) is 5.91 Å². The SMILES string of the molecule is NC(=O)C[C@@H](NCc1cnc(CCc2ccccc2)nc1)C(=O)O. The van der Waals surface area contributed by atoms with Crippen LogP contribution in [0, 0.1) is 0 Å². The molecule has 0 unspecified atom stereocenters. The van der Waals surface area contributed by atoms with Gasteiger partial charge in [-0.3, -0.25) is 14.9 Å². The number of nitrogens with zero attached hydrogens (tertiary/aromatic N) is 2. The van der Waals surface area contributed by atoms with Crippen LogP contribution in [0.5, 0.6) is 0 Å². The summed E-state index contributed by atoms with van der Waals surface area (Å²) in [6.07, 6.45) is 4.65. The van der Waals surface area contributed by atoms with E-state index in [0.29, 0.717) is 0 Å². The minimum atomic E-state index is -1.12. The summed E-state index contributed by atoms with van der Waals surface area (Å²) >= 11 is 0. The van der Waals surface area contributed by atoms with Gasteiger partial charge in [-0.05, 0) is 12.0 Å². The zero-order valence-electron chi connectivity index (χ0n) is 13.2. The van der Waals surface area contributed by atoms with Crippen LogP contribution in [-0.2, 0) is 29.0 Å². The molecule has 2 rings (SSSR count). The number of carboxylic acid groups (broad SMARTS) is 1. The van der Waals surface area contributed by atoms with E-state index in [2.05, 4.69) is 27.4 Å². The largest absolute Gasteiger partial charge is 0.480 e. The van der Waals surface area contributed by atoms with Gasteiger partial charge < -0.3 is 10.8 Å². The number of hydrogen-bond donors (Lipinski definition) is 3. The van der Waals surface area contributed by atoms with Gasteiger partial charge in [0.1, 0.15) is 11.9 Å². The van der Waals surface area contributed by atoms with Crippen molar-refractivity contribution >= 4 is 11.9 Å². The van der Waals surface area contributed by atoms with E-state index in [1.54, 1.807) is 12.4 Å². The Morgan fingerprint density at radius 1 is 1.08 bits per heavy atom. The number of aromatic nitrogens is 2. The molecule has 7 heteroatoms.